The molecule has 2 heterocycles. The van der Waals surface area contributed by atoms with Crippen LogP contribution in [0.4, 0.5) is 10.2 Å². The van der Waals surface area contributed by atoms with E-state index in [4.69, 9.17) is 0 Å². The van der Waals surface area contributed by atoms with Crippen LogP contribution in [0.15, 0.2) is 48.0 Å². The zero-order valence-corrected chi connectivity index (χ0v) is 17.4. The molecule has 5 heteroatoms. The van der Waals surface area contributed by atoms with Crippen molar-refractivity contribution in [2.45, 2.75) is 12.8 Å². The van der Waals surface area contributed by atoms with E-state index in [0.29, 0.717) is 0 Å². The fraction of sp³-hybridized carbons (Fsp3) is 0.409. The van der Waals surface area contributed by atoms with Crippen LogP contribution in [0.1, 0.15) is 24.0 Å². The molecule has 0 bridgehead atoms. The molecule has 1 aromatic carbocycles. The molecule has 2 aromatic rings. The molecule has 0 aliphatic carbocycles. The molecule has 3 rings (SSSR count). The second-order valence-corrected chi connectivity index (χ2v) is 11.9. The van der Waals surface area contributed by atoms with E-state index < -0.39 is 10.0 Å². The van der Waals surface area contributed by atoms with E-state index >= 15 is 0 Å². The summed E-state index contributed by atoms with van der Waals surface area (Å²) in [6.07, 6.45) is 11.2. The fourth-order valence-corrected chi connectivity index (χ4v) is 4.34. The predicted molar refractivity (Wildman–Crippen MR) is 117 cm³/mol. The van der Waals surface area contributed by atoms with Crippen LogP contribution in [0.3, 0.4) is 0 Å². The van der Waals surface area contributed by atoms with Crippen LogP contribution >= 0.6 is 10.0 Å². The van der Waals surface area contributed by atoms with Crippen LogP contribution in [-0.2, 0) is 0 Å². The van der Waals surface area contributed by atoms with E-state index in [0.717, 1.165) is 35.6 Å². The van der Waals surface area contributed by atoms with Crippen molar-refractivity contribution in [2.24, 2.45) is 0 Å². The highest BCUT2D eigenvalue weighted by Gasteiger charge is 2.15. The van der Waals surface area contributed by atoms with E-state index in [1.54, 1.807) is 0 Å². The minimum atomic E-state index is -0.900. The first-order chi connectivity index (χ1) is 12.9. The number of hydrogen-bond donors (Lipinski definition) is 1. The van der Waals surface area contributed by atoms with Crippen molar-refractivity contribution in [1.29, 1.82) is 0 Å². The lowest BCUT2D eigenvalue weighted by Crippen LogP contribution is -2.26. The van der Waals surface area contributed by atoms with Gasteiger partial charge in [0.05, 0.1) is 0 Å². The first-order valence-electron chi connectivity index (χ1n) is 9.50. The number of anilines is 1. The molecular formula is C22H30FN3S. The molecule has 27 heavy (non-hydrogen) atoms. The molecule has 0 spiro atoms. The van der Waals surface area contributed by atoms with Gasteiger partial charge in [-0.25, -0.2) is 19.4 Å². The maximum Gasteiger partial charge on any atom is 0.133 e. The van der Waals surface area contributed by atoms with Gasteiger partial charge in [0.1, 0.15) is 11.6 Å². The first-order valence-corrected chi connectivity index (χ1v) is 12.4. The second-order valence-electron chi connectivity index (χ2n) is 7.85. The molecule has 146 valence electrons. The highest BCUT2D eigenvalue weighted by Crippen LogP contribution is 2.42. The molecule has 0 saturated carbocycles. The summed E-state index contributed by atoms with van der Waals surface area (Å²) in [7, 11) is -0.900. The summed E-state index contributed by atoms with van der Waals surface area (Å²) in [5.41, 5.74) is 3.22. The minimum Gasteiger partial charge on any atom is -0.368 e. The van der Waals surface area contributed by atoms with Crippen molar-refractivity contribution < 1.29 is 4.39 Å². The van der Waals surface area contributed by atoms with Gasteiger partial charge in [0, 0.05) is 24.8 Å². The van der Waals surface area contributed by atoms with Crippen LogP contribution in [-0.4, -0.2) is 54.8 Å². The van der Waals surface area contributed by atoms with Gasteiger partial charge in [-0.2, -0.15) is 0 Å². The van der Waals surface area contributed by atoms with Gasteiger partial charge in [-0.05, 0) is 85.5 Å². The fourth-order valence-electron chi connectivity index (χ4n) is 3.37. The molecule has 1 N–H and O–H groups in total. The second kappa shape index (κ2) is 8.89. The van der Waals surface area contributed by atoms with Crippen LogP contribution in [0.25, 0.3) is 5.57 Å². The van der Waals surface area contributed by atoms with Gasteiger partial charge in [-0.15, -0.1) is 0 Å². The third kappa shape index (κ3) is 5.81. The molecule has 1 saturated heterocycles. The summed E-state index contributed by atoms with van der Waals surface area (Å²) < 4.78 is 13.4. The zero-order valence-electron chi connectivity index (χ0n) is 16.5. The van der Waals surface area contributed by atoms with Gasteiger partial charge in [-0.3, -0.25) is 0 Å². The molecule has 1 aliphatic rings. The molecule has 0 amide bonds. The van der Waals surface area contributed by atoms with E-state index in [-0.39, 0.29) is 5.82 Å². The van der Waals surface area contributed by atoms with E-state index in [9.17, 15) is 4.39 Å². The normalized spacial score (nSPS) is 16.5. The van der Waals surface area contributed by atoms with Gasteiger partial charge in [-0.1, -0.05) is 12.1 Å². The Bertz CT molecular complexity index is 775. The SMILES string of the molecule is CS(C)(C)/C=C(\c1ccc(F)cc1)c1cccnc1NCCN1CCCC1. The summed E-state index contributed by atoms with van der Waals surface area (Å²) in [4.78, 5) is 7.09. The zero-order chi connectivity index (χ0) is 19.3. The average Bonchev–Trinajstić information content (AvgIpc) is 3.14. The van der Waals surface area contributed by atoms with Gasteiger partial charge in [0.15, 0.2) is 0 Å². The topological polar surface area (TPSA) is 28.2 Å². The number of likely N-dealkylation sites (tertiary alicyclic amines) is 1. The number of aromatic nitrogens is 1. The summed E-state index contributed by atoms with van der Waals surface area (Å²) in [5, 5.41) is 5.85. The highest BCUT2D eigenvalue weighted by molar-refractivity contribution is 8.34. The van der Waals surface area contributed by atoms with E-state index in [1.165, 1.54) is 38.1 Å². The highest BCUT2D eigenvalue weighted by atomic mass is 32.3. The smallest absolute Gasteiger partial charge is 0.133 e. The number of pyridine rings is 1. The monoisotopic (exact) mass is 387 g/mol. The lowest BCUT2D eigenvalue weighted by Gasteiger charge is -2.24. The number of nitrogens with one attached hydrogen (secondary N) is 1. The Balaban J connectivity index is 1.87. The Hall–Kier alpha value is -1.85. The molecule has 3 nitrogen and oxygen atoms in total. The van der Waals surface area contributed by atoms with Gasteiger partial charge < -0.3 is 10.2 Å². The summed E-state index contributed by atoms with van der Waals surface area (Å²) in [6, 6.07) is 10.8. The average molecular weight is 388 g/mol. The van der Waals surface area contributed by atoms with Crippen LogP contribution in [0.5, 0.6) is 0 Å². The number of benzene rings is 1. The summed E-state index contributed by atoms with van der Waals surface area (Å²) in [6.45, 7) is 4.31. The van der Waals surface area contributed by atoms with E-state index in [2.05, 4.69) is 45.4 Å². The summed E-state index contributed by atoms with van der Waals surface area (Å²) >= 11 is 0. The molecule has 0 unspecified atom stereocenters. The lowest BCUT2D eigenvalue weighted by atomic mass is 10.00. The number of halogens is 1. The Morgan fingerprint density at radius 1 is 1.15 bits per heavy atom. The van der Waals surface area contributed by atoms with Crippen molar-refractivity contribution >= 4 is 21.4 Å². The molecule has 1 fully saturated rings. The van der Waals surface area contributed by atoms with Crippen LogP contribution in [0.2, 0.25) is 0 Å². The largest absolute Gasteiger partial charge is 0.368 e. The number of rotatable bonds is 7. The van der Waals surface area contributed by atoms with Crippen molar-refractivity contribution in [3.8, 4) is 0 Å². The maximum atomic E-state index is 13.4. The Morgan fingerprint density at radius 2 is 1.85 bits per heavy atom. The van der Waals surface area contributed by atoms with E-state index in [1.807, 2.05) is 24.4 Å². The Labute approximate surface area is 164 Å². The summed E-state index contributed by atoms with van der Waals surface area (Å²) in [5.74, 6) is 0.687. The quantitative estimate of drug-likeness (QED) is 0.739. The third-order valence-corrected chi connectivity index (χ3v) is 5.59. The number of hydrogen-bond acceptors (Lipinski definition) is 3. The molecule has 0 atom stereocenters. The molecule has 0 radical (unpaired) electrons. The van der Waals surface area contributed by atoms with Crippen molar-refractivity contribution in [3.05, 3.63) is 64.9 Å². The third-order valence-electron chi connectivity index (χ3n) is 4.64. The van der Waals surface area contributed by atoms with Crippen LogP contribution in [0, 0.1) is 5.82 Å². The van der Waals surface area contributed by atoms with Crippen molar-refractivity contribution in [3.63, 3.8) is 0 Å². The Kier molecular flexibility index (Phi) is 6.55. The maximum absolute atomic E-state index is 13.4. The Morgan fingerprint density at radius 3 is 2.52 bits per heavy atom. The minimum absolute atomic E-state index is 0.212. The molecule has 1 aromatic heterocycles. The van der Waals surface area contributed by atoms with Crippen molar-refractivity contribution in [2.75, 3.05) is 50.3 Å². The van der Waals surface area contributed by atoms with Crippen molar-refractivity contribution in [1.82, 2.24) is 9.88 Å². The van der Waals surface area contributed by atoms with Gasteiger partial charge in [0.2, 0.25) is 0 Å². The first kappa shape index (κ1) is 19.9. The lowest BCUT2D eigenvalue weighted by molar-refractivity contribution is 0.352. The predicted octanol–water partition coefficient (Wildman–Crippen LogP) is 4.81. The standard InChI is InChI=1S/C22H30FN3S/c1-27(2,3)17-21(18-8-10-19(23)11-9-18)20-7-6-12-24-22(20)25-13-16-26-14-4-5-15-26/h6-12,17H,4-5,13-16H2,1-3H3,(H,24,25)/b21-17+. The van der Waals surface area contributed by atoms with Gasteiger partial charge >= 0.3 is 0 Å². The van der Waals surface area contributed by atoms with Crippen LogP contribution < -0.4 is 5.32 Å². The van der Waals surface area contributed by atoms with Gasteiger partial charge in [0.25, 0.3) is 0 Å². The molecule has 1 aliphatic heterocycles. The number of nitrogens with zero attached hydrogens (tertiary/aromatic N) is 2. The molecular weight excluding hydrogens is 357 g/mol.